The van der Waals surface area contributed by atoms with Gasteiger partial charge in [0.05, 0.1) is 28.1 Å². The monoisotopic (exact) mass is 443 g/mol. The van der Waals surface area contributed by atoms with E-state index in [2.05, 4.69) is 9.97 Å². The number of amides is 1. The second-order valence-corrected chi connectivity index (χ2v) is 7.48. The molecule has 0 unspecified atom stereocenters. The van der Waals surface area contributed by atoms with Crippen LogP contribution in [0.15, 0.2) is 30.6 Å². The van der Waals surface area contributed by atoms with Gasteiger partial charge in [-0.3, -0.25) is 4.79 Å². The van der Waals surface area contributed by atoms with Gasteiger partial charge in [0.1, 0.15) is 5.75 Å². The van der Waals surface area contributed by atoms with E-state index in [0.29, 0.717) is 0 Å². The zero-order valence-electron chi connectivity index (χ0n) is 13.4. The molecule has 0 aliphatic rings. The molecular formula is C14H10Cl2F3N3O4S. The highest BCUT2D eigenvalue weighted by molar-refractivity contribution is 7.94. The maximum absolute atomic E-state index is 12.9. The lowest BCUT2D eigenvalue weighted by Gasteiger charge is -2.24. The number of hydrogen-bond acceptors (Lipinski definition) is 6. The van der Waals surface area contributed by atoms with Crippen LogP contribution in [0, 0.1) is 0 Å². The van der Waals surface area contributed by atoms with Crippen molar-refractivity contribution in [3.63, 3.8) is 0 Å². The van der Waals surface area contributed by atoms with Crippen LogP contribution in [0.1, 0.15) is 13.3 Å². The summed E-state index contributed by atoms with van der Waals surface area (Å²) >= 11 is 11.5. The van der Waals surface area contributed by atoms with Crippen LogP contribution in [0.25, 0.3) is 0 Å². The maximum atomic E-state index is 12.9. The highest BCUT2D eigenvalue weighted by Crippen LogP contribution is 2.37. The van der Waals surface area contributed by atoms with Gasteiger partial charge < -0.3 is 4.74 Å². The van der Waals surface area contributed by atoms with Crippen molar-refractivity contribution < 1.29 is 31.1 Å². The lowest BCUT2D eigenvalue weighted by Crippen LogP contribution is -2.44. The van der Waals surface area contributed by atoms with E-state index in [-0.39, 0.29) is 21.1 Å². The van der Waals surface area contributed by atoms with Gasteiger partial charge in [0.25, 0.3) is 0 Å². The number of sulfonamides is 1. The van der Waals surface area contributed by atoms with Crippen molar-refractivity contribution in [2.75, 3.05) is 4.31 Å². The van der Waals surface area contributed by atoms with Gasteiger partial charge in [0.15, 0.2) is 0 Å². The summed E-state index contributed by atoms with van der Waals surface area (Å²) in [4.78, 5) is 19.4. The molecule has 0 radical (unpaired) electrons. The van der Waals surface area contributed by atoms with Gasteiger partial charge in [-0.2, -0.15) is 25.9 Å². The molecule has 13 heteroatoms. The maximum Gasteiger partial charge on any atom is 0.517 e. The number of halogens is 5. The molecular weight excluding hydrogens is 434 g/mol. The summed E-state index contributed by atoms with van der Waals surface area (Å²) in [7, 11) is -5.98. The summed E-state index contributed by atoms with van der Waals surface area (Å²) in [5, 5.41) is -0.210. The molecule has 2 aromatic rings. The van der Waals surface area contributed by atoms with E-state index < -0.39 is 38.6 Å². The van der Waals surface area contributed by atoms with Crippen LogP contribution in [-0.2, 0) is 14.8 Å². The summed E-state index contributed by atoms with van der Waals surface area (Å²) in [6.07, 6.45) is 2.00. The first-order chi connectivity index (χ1) is 12.5. The number of benzene rings is 1. The number of carbonyl (C=O) groups is 1. The van der Waals surface area contributed by atoms with Crippen molar-refractivity contribution in [2.45, 2.75) is 18.9 Å². The van der Waals surface area contributed by atoms with E-state index in [4.69, 9.17) is 27.9 Å². The lowest BCUT2D eigenvalue weighted by molar-refractivity contribution is -0.117. The third-order valence-electron chi connectivity index (χ3n) is 3.01. The first-order valence-corrected chi connectivity index (χ1v) is 9.26. The Morgan fingerprint density at radius 3 is 2.30 bits per heavy atom. The second kappa shape index (κ2) is 7.87. The van der Waals surface area contributed by atoms with Crippen molar-refractivity contribution in [2.24, 2.45) is 0 Å². The molecule has 2 rings (SSSR count). The van der Waals surface area contributed by atoms with Crippen LogP contribution >= 0.6 is 23.2 Å². The number of alkyl halides is 3. The Hall–Kier alpha value is -2.11. The molecule has 0 N–H and O–H groups in total. The fourth-order valence-corrected chi connectivity index (χ4v) is 3.24. The van der Waals surface area contributed by atoms with E-state index in [1.165, 1.54) is 19.3 Å². The van der Waals surface area contributed by atoms with Crippen molar-refractivity contribution in [1.82, 2.24) is 9.97 Å². The van der Waals surface area contributed by atoms with Gasteiger partial charge in [-0.15, -0.1) is 0 Å². The molecule has 1 amide bonds. The van der Waals surface area contributed by atoms with Crippen LogP contribution in [0.3, 0.4) is 0 Å². The summed E-state index contributed by atoms with van der Waals surface area (Å²) in [6.45, 7) is 1.21. The quantitative estimate of drug-likeness (QED) is 0.688. The number of hydrogen-bond donors (Lipinski definition) is 0. The lowest BCUT2D eigenvalue weighted by atomic mass is 10.3. The molecule has 0 aliphatic heterocycles. The largest absolute Gasteiger partial charge is 0.517 e. The number of carbonyl (C=O) groups excluding carboxylic acids is 1. The van der Waals surface area contributed by atoms with Crippen molar-refractivity contribution in [1.29, 1.82) is 0 Å². The van der Waals surface area contributed by atoms with Crippen LogP contribution in [0.2, 0.25) is 10.0 Å². The zero-order chi connectivity index (χ0) is 20.4. The van der Waals surface area contributed by atoms with Crippen LogP contribution in [0.5, 0.6) is 11.8 Å². The summed E-state index contributed by atoms with van der Waals surface area (Å²) in [5.41, 5.74) is -6.35. The molecule has 146 valence electrons. The van der Waals surface area contributed by atoms with E-state index in [1.54, 1.807) is 0 Å². The highest BCUT2D eigenvalue weighted by atomic mass is 35.5. The number of nitrogens with zero attached hydrogens (tertiary/aromatic N) is 3. The smallest absolute Gasteiger partial charge is 0.424 e. The van der Waals surface area contributed by atoms with Gasteiger partial charge in [-0.25, -0.2) is 9.97 Å². The molecule has 0 atom stereocenters. The predicted octanol–water partition coefficient (Wildman–Crippen LogP) is 4.17. The molecule has 7 nitrogen and oxygen atoms in total. The second-order valence-electron chi connectivity index (χ2n) is 4.86. The fraction of sp³-hybridized carbons (Fsp3) is 0.214. The predicted molar refractivity (Wildman–Crippen MR) is 91.3 cm³/mol. The molecule has 0 aliphatic carbocycles. The van der Waals surface area contributed by atoms with Gasteiger partial charge in [0, 0.05) is 12.5 Å². The Morgan fingerprint density at radius 2 is 1.81 bits per heavy atom. The van der Waals surface area contributed by atoms with Crippen molar-refractivity contribution in [3.05, 3.63) is 40.6 Å². The average Bonchev–Trinajstić information content (AvgIpc) is 2.57. The number of anilines is 1. The standard InChI is InChI=1S/C14H10Cl2F3N3O4S/c1-2-12(23)22(27(24,25)14(17,18)19)11-4-3-9(5-10(11)16)26-13-20-6-8(15)7-21-13/h3-7H,2H2,1H3. The Kier molecular flexibility index (Phi) is 6.17. The molecule has 0 bridgehead atoms. The zero-order valence-corrected chi connectivity index (χ0v) is 15.7. The fourth-order valence-electron chi connectivity index (χ4n) is 1.82. The van der Waals surface area contributed by atoms with Crippen molar-refractivity contribution in [3.8, 4) is 11.8 Å². The van der Waals surface area contributed by atoms with E-state index in [1.807, 2.05) is 0 Å². The van der Waals surface area contributed by atoms with Crippen LogP contribution in [-0.4, -0.2) is 29.8 Å². The Labute approximate surface area is 161 Å². The minimum absolute atomic E-state index is 0.000577. The molecule has 0 fully saturated rings. The van der Waals surface area contributed by atoms with E-state index >= 15 is 0 Å². The molecule has 27 heavy (non-hydrogen) atoms. The summed E-state index contributed by atoms with van der Waals surface area (Å²) in [5.74, 6) is -1.30. The van der Waals surface area contributed by atoms with Gasteiger partial charge in [-0.1, -0.05) is 30.1 Å². The van der Waals surface area contributed by atoms with E-state index in [9.17, 15) is 26.4 Å². The Balaban J connectivity index is 2.44. The topological polar surface area (TPSA) is 89.5 Å². The molecule has 0 saturated heterocycles. The number of aromatic nitrogens is 2. The first kappa shape index (κ1) is 21.2. The third-order valence-corrected chi connectivity index (χ3v) is 4.97. The summed E-state index contributed by atoms with van der Waals surface area (Å²) < 4.78 is 67.2. The average molecular weight is 444 g/mol. The Bertz CT molecular complexity index is 953. The Morgan fingerprint density at radius 1 is 1.22 bits per heavy atom. The van der Waals surface area contributed by atoms with Gasteiger partial charge >= 0.3 is 21.5 Å². The minimum atomic E-state index is -5.98. The highest BCUT2D eigenvalue weighted by Gasteiger charge is 2.52. The van der Waals surface area contributed by atoms with E-state index in [0.717, 1.165) is 18.2 Å². The number of rotatable bonds is 5. The SMILES string of the molecule is CCC(=O)N(c1ccc(Oc2ncc(Cl)cn2)cc1Cl)S(=O)(=O)C(F)(F)F. The van der Waals surface area contributed by atoms with Gasteiger partial charge in [-0.05, 0) is 12.1 Å². The van der Waals surface area contributed by atoms with Gasteiger partial charge in [0.2, 0.25) is 5.91 Å². The molecule has 1 heterocycles. The molecule has 1 aromatic carbocycles. The minimum Gasteiger partial charge on any atom is -0.424 e. The molecule has 0 saturated carbocycles. The molecule has 1 aromatic heterocycles. The van der Waals surface area contributed by atoms with Crippen molar-refractivity contribution >= 4 is 44.8 Å². The normalized spacial score (nSPS) is 11.9. The summed E-state index contributed by atoms with van der Waals surface area (Å²) in [6, 6.07) is 2.91. The number of ether oxygens (including phenoxy) is 1. The van der Waals surface area contributed by atoms with Crippen LogP contribution < -0.4 is 9.04 Å². The van der Waals surface area contributed by atoms with Crippen LogP contribution in [0.4, 0.5) is 18.9 Å². The first-order valence-electron chi connectivity index (χ1n) is 7.06. The molecule has 0 spiro atoms. The third kappa shape index (κ3) is 4.60.